The molecule has 3 rings (SSSR count). The van der Waals surface area contributed by atoms with Gasteiger partial charge in [-0.15, -0.1) is 11.3 Å². The van der Waals surface area contributed by atoms with Crippen molar-refractivity contribution >= 4 is 23.2 Å². The van der Waals surface area contributed by atoms with Crippen molar-refractivity contribution in [1.29, 1.82) is 0 Å². The molecule has 1 aliphatic rings. The molecule has 7 heteroatoms. The van der Waals surface area contributed by atoms with Crippen molar-refractivity contribution in [3.63, 3.8) is 0 Å². The zero-order valence-corrected chi connectivity index (χ0v) is 13.5. The first-order chi connectivity index (χ1) is 11.0. The van der Waals surface area contributed by atoms with Gasteiger partial charge in [-0.05, 0) is 36.8 Å². The van der Waals surface area contributed by atoms with Gasteiger partial charge in [0.2, 0.25) is 0 Å². The third kappa shape index (κ3) is 3.50. The average Bonchev–Trinajstić information content (AvgIpc) is 2.96. The van der Waals surface area contributed by atoms with Crippen LogP contribution in [0.3, 0.4) is 0 Å². The van der Waals surface area contributed by atoms with E-state index in [0.717, 1.165) is 19.3 Å². The largest absolute Gasteiger partial charge is 0.619 e. The molecule has 120 valence electrons. The summed E-state index contributed by atoms with van der Waals surface area (Å²) in [6.07, 6.45) is 5.63. The third-order valence-electron chi connectivity index (χ3n) is 3.91. The molecule has 2 heterocycles. The number of hydrazine groups is 1. The molecule has 0 fully saturated rings. The Hall–Kier alpha value is -2.41. The van der Waals surface area contributed by atoms with Gasteiger partial charge in [-0.25, -0.2) is 0 Å². The molecule has 0 aromatic carbocycles. The van der Waals surface area contributed by atoms with Crippen LogP contribution in [-0.2, 0) is 12.8 Å². The Morgan fingerprint density at radius 1 is 1.26 bits per heavy atom. The summed E-state index contributed by atoms with van der Waals surface area (Å²) < 4.78 is 0.590. The normalized spacial score (nSPS) is 16.5. The van der Waals surface area contributed by atoms with E-state index in [0.29, 0.717) is 21.1 Å². The maximum absolute atomic E-state index is 12.2. The number of amides is 2. The van der Waals surface area contributed by atoms with Gasteiger partial charge in [0.15, 0.2) is 12.4 Å². The summed E-state index contributed by atoms with van der Waals surface area (Å²) >= 11 is 1.49. The Morgan fingerprint density at radius 2 is 1.96 bits per heavy atom. The standard InChI is InChI=1S/C16H17N3O3S/c1-10-2-3-13-12(8-10)9-14(23-13)16(21)18-17-15(20)11-4-6-19(22)7-5-11/h4-7,9-10H,2-3,8H2,1H3,(H,17,20)(H,18,21). The van der Waals surface area contributed by atoms with E-state index in [9.17, 15) is 14.8 Å². The predicted molar refractivity (Wildman–Crippen MR) is 85.8 cm³/mol. The van der Waals surface area contributed by atoms with E-state index in [2.05, 4.69) is 17.8 Å². The number of aromatic nitrogens is 1. The maximum atomic E-state index is 12.2. The van der Waals surface area contributed by atoms with Gasteiger partial charge in [-0.2, -0.15) is 4.73 Å². The van der Waals surface area contributed by atoms with Crippen molar-refractivity contribution in [3.05, 3.63) is 56.7 Å². The SMILES string of the molecule is CC1CCc2sc(C(=O)NNC(=O)c3cc[n+]([O-])cc3)cc2C1. The van der Waals surface area contributed by atoms with Crippen LogP contribution in [0.2, 0.25) is 0 Å². The van der Waals surface area contributed by atoms with Gasteiger partial charge in [-0.3, -0.25) is 20.4 Å². The van der Waals surface area contributed by atoms with E-state index in [1.807, 2.05) is 6.07 Å². The van der Waals surface area contributed by atoms with Crippen LogP contribution in [0.15, 0.2) is 30.6 Å². The summed E-state index contributed by atoms with van der Waals surface area (Å²) in [6.45, 7) is 2.21. The molecule has 0 spiro atoms. The molecule has 1 aliphatic carbocycles. The van der Waals surface area contributed by atoms with Crippen LogP contribution in [-0.4, -0.2) is 11.8 Å². The summed E-state index contributed by atoms with van der Waals surface area (Å²) in [7, 11) is 0. The topological polar surface area (TPSA) is 85.1 Å². The number of hydrogen-bond donors (Lipinski definition) is 2. The molecule has 0 bridgehead atoms. The van der Waals surface area contributed by atoms with Gasteiger partial charge in [0.1, 0.15) is 0 Å². The van der Waals surface area contributed by atoms with Crippen molar-refractivity contribution < 1.29 is 14.3 Å². The van der Waals surface area contributed by atoms with Crippen LogP contribution in [0.4, 0.5) is 0 Å². The van der Waals surface area contributed by atoms with Crippen LogP contribution in [0, 0.1) is 11.1 Å². The molecule has 6 nitrogen and oxygen atoms in total. The number of rotatable bonds is 2. The number of carbonyl (C=O) groups is 2. The average molecular weight is 331 g/mol. The predicted octanol–water partition coefficient (Wildman–Crippen LogP) is 1.58. The fourth-order valence-electron chi connectivity index (χ4n) is 2.63. The minimum Gasteiger partial charge on any atom is -0.619 e. The summed E-state index contributed by atoms with van der Waals surface area (Å²) in [6, 6.07) is 4.69. The molecular weight excluding hydrogens is 314 g/mol. The van der Waals surface area contributed by atoms with Gasteiger partial charge in [0.25, 0.3) is 11.8 Å². The number of carbonyl (C=O) groups excluding carboxylic acids is 2. The van der Waals surface area contributed by atoms with Crippen LogP contribution in [0.1, 0.15) is 43.8 Å². The Morgan fingerprint density at radius 3 is 2.70 bits per heavy atom. The van der Waals surface area contributed by atoms with E-state index >= 15 is 0 Å². The molecule has 0 saturated heterocycles. The number of fused-ring (bicyclic) bond motifs is 1. The molecule has 2 aromatic rings. The van der Waals surface area contributed by atoms with E-state index in [1.165, 1.54) is 46.3 Å². The van der Waals surface area contributed by atoms with Crippen molar-refractivity contribution in [3.8, 4) is 0 Å². The first kappa shape index (κ1) is 15.5. The van der Waals surface area contributed by atoms with Gasteiger partial charge in [0, 0.05) is 17.0 Å². The van der Waals surface area contributed by atoms with Crippen LogP contribution in [0.25, 0.3) is 0 Å². The molecule has 0 saturated carbocycles. The van der Waals surface area contributed by atoms with Gasteiger partial charge >= 0.3 is 0 Å². The second kappa shape index (κ2) is 6.37. The minimum absolute atomic E-state index is 0.302. The summed E-state index contributed by atoms with van der Waals surface area (Å²) in [5, 5.41) is 10.9. The summed E-state index contributed by atoms with van der Waals surface area (Å²) in [5.74, 6) is -0.135. The van der Waals surface area contributed by atoms with Crippen LogP contribution < -0.4 is 15.6 Å². The minimum atomic E-state index is -0.464. The number of nitrogens with one attached hydrogen (secondary N) is 2. The first-order valence-electron chi connectivity index (χ1n) is 7.44. The van der Waals surface area contributed by atoms with Crippen molar-refractivity contribution in [2.75, 3.05) is 0 Å². The van der Waals surface area contributed by atoms with E-state index < -0.39 is 5.91 Å². The van der Waals surface area contributed by atoms with Crippen molar-refractivity contribution in [2.45, 2.75) is 26.2 Å². The highest BCUT2D eigenvalue weighted by atomic mass is 32.1. The van der Waals surface area contributed by atoms with E-state index in [-0.39, 0.29) is 5.91 Å². The van der Waals surface area contributed by atoms with Gasteiger partial charge in [0.05, 0.1) is 10.4 Å². The van der Waals surface area contributed by atoms with Gasteiger partial charge in [-0.1, -0.05) is 6.92 Å². The fourth-order valence-corrected chi connectivity index (χ4v) is 3.73. The molecule has 2 aromatic heterocycles. The molecule has 23 heavy (non-hydrogen) atoms. The lowest BCUT2D eigenvalue weighted by molar-refractivity contribution is -0.605. The van der Waals surface area contributed by atoms with Crippen LogP contribution in [0.5, 0.6) is 0 Å². The Kier molecular flexibility index (Phi) is 4.29. The fraction of sp³-hybridized carbons (Fsp3) is 0.312. The molecule has 0 radical (unpaired) electrons. The molecular formula is C16H17N3O3S. The zero-order valence-electron chi connectivity index (χ0n) is 12.7. The molecule has 2 N–H and O–H groups in total. The second-order valence-electron chi connectivity index (χ2n) is 5.76. The Labute approximate surface area is 137 Å². The molecule has 1 atom stereocenters. The number of nitrogens with zero attached hydrogens (tertiary/aromatic N) is 1. The van der Waals surface area contributed by atoms with Crippen LogP contribution >= 0.6 is 11.3 Å². The number of thiophene rings is 1. The highest BCUT2D eigenvalue weighted by Crippen LogP contribution is 2.32. The summed E-state index contributed by atoms with van der Waals surface area (Å²) in [5.41, 5.74) is 6.33. The monoisotopic (exact) mass is 331 g/mol. The smallest absolute Gasteiger partial charge is 0.279 e. The lowest BCUT2D eigenvalue weighted by atomic mass is 9.90. The van der Waals surface area contributed by atoms with E-state index in [1.54, 1.807) is 0 Å². The Bertz CT molecular complexity index is 740. The van der Waals surface area contributed by atoms with E-state index in [4.69, 9.17) is 0 Å². The maximum Gasteiger partial charge on any atom is 0.279 e. The highest BCUT2D eigenvalue weighted by Gasteiger charge is 2.21. The molecule has 1 unspecified atom stereocenters. The highest BCUT2D eigenvalue weighted by molar-refractivity contribution is 7.14. The lowest BCUT2D eigenvalue weighted by Gasteiger charge is -2.16. The quantitative estimate of drug-likeness (QED) is 0.498. The number of hydrogen-bond acceptors (Lipinski definition) is 4. The lowest BCUT2D eigenvalue weighted by Crippen LogP contribution is -2.41. The van der Waals surface area contributed by atoms with Gasteiger partial charge < -0.3 is 5.21 Å². The summed E-state index contributed by atoms with van der Waals surface area (Å²) in [4.78, 5) is 25.9. The zero-order chi connectivity index (χ0) is 16.4. The molecule has 0 aliphatic heterocycles. The second-order valence-corrected chi connectivity index (χ2v) is 6.90. The number of aryl methyl sites for hydroxylation is 1. The van der Waals surface area contributed by atoms with Crippen molar-refractivity contribution in [1.82, 2.24) is 10.9 Å². The Balaban J connectivity index is 1.61. The molecule has 2 amide bonds. The third-order valence-corrected chi connectivity index (χ3v) is 5.14. The number of pyridine rings is 1. The van der Waals surface area contributed by atoms with Crippen molar-refractivity contribution in [2.24, 2.45) is 5.92 Å². The first-order valence-corrected chi connectivity index (χ1v) is 8.25.